The van der Waals surface area contributed by atoms with Crippen molar-refractivity contribution in [3.8, 4) is 11.8 Å². The van der Waals surface area contributed by atoms with E-state index in [1.54, 1.807) is 12.1 Å². The van der Waals surface area contributed by atoms with E-state index in [1.807, 2.05) is 45.0 Å². The van der Waals surface area contributed by atoms with E-state index in [1.165, 1.54) is 6.08 Å². The average Bonchev–Trinajstić information content (AvgIpc) is 2.97. The smallest absolute Gasteiger partial charge is 0.280 e. The number of hydrogen-bond acceptors (Lipinski definition) is 4. The first-order chi connectivity index (χ1) is 13.8. The molecule has 1 heterocycles. The monoisotopic (exact) mass is 394 g/mol. The molecule has 0 spiro atoms. The van der Waals surface area contributed by atoms with Gasteiger partial charge in [-0.2, -0.15) is 5.26 Å². The van der Waals surface area contributed by atoms with Crippen molar-refractivity contribution in [1.82, 2.24) is 15.4 Å². The van der Waals surface area contributed by atoms with Crippen LogP contribution in [0.4, 0.5) is 0 Å². The molecule has 0 saturated heterocycles. The van der Waals surface area contributed by atoms with Crippen LogP contribution in [0.25, 0.3) is 6.08 Å². The zero-order valence-electron chi connectivity index (χ0n) is 17.2. The minimum absolute atomic E-state index is 0.0958. The van der Waals surface area contributed by atoms with Gasteiger partial charge in [0, 0.05) is 17.9 Å². The summed E-state index contributed by atoms with van der Waals surface area (Å²) in [6.07, 6.45) is 2.51. The van der Waals surface area contributed by atoms with Crippen molar-refractivity contribution in [2.75, 3.05) is 6.61 Å². The number of ether oxygens (including phenoxy) is 1. The molecule has 2 amide bonds. The van der Waals surface area contributed by atoms with Gasteiger partial charge in [-0.1, -0.05) is 24.6 Å². The molecule has 2 N–H and O–H groups in total. The van der Waals surface area contributed by atoms with Gasteiger partial charge in [-0.15, -0.1) is 0 Å². The molecule has 0 unspecified atom stereocenters. The van der Waals surface area contributed by atoms with Crippen molar-refractivity contribution in [3.63, 3.8) is 0 Å². The Kier molecular flexibility index (Phi) is 7.61. The number of hydrogen-bond donors (Lipinski definition) is 2. The second-order valence-electron chi connectivity index (χ2n) is 6.75. The molecule has 29 heavy (non-hydrogen) atoms. The van der Waals surface area contributed by atoms with Crippen molar-refractivity contribution in [2.45, 2.75) is 40.7 Å². The lowest BCUT2D eigenvalue weighted by Crippen LogP contribution is -2.44. The molecule has 152 valence electrons. The standard InChI is InChI=1S/C22H26N4O3/c1-5-10-26-16(3)11-18(17(26)4)12-19(13-23)22(28)25-24-21(27)14-29-20-8-6-15(2)7-9-20/h6-9,11-12H,5,10,14H2,1-4H3,(H,24,27)(H,25,28)/b19-12-. The van der Waals surface area contributed by atoms with E-state index in [2.05, 4.69) is 22.3 Å². The third-order valence-electron chi connectivity index (χ3n) is 4.43. The molecule has 0 aliphatic carbocycles. The molecule has 1 aromatic heterocycles. The van der Waals surface area contributed by atoms with Gasteiger partial charge in [0.15, 0.2) is 6.61 Å². The van der Waals surface area contributed by atoms with Gasteiger partial charge in [0.1, 0.15) is 17.4 Å². The number of aryl methyl sites for hydroxylation is 2. The number of nitrogens with zero attached hydrogens (tertiary/aromatic N) is 2. The zero-order valence-corrected chi connectivity index (χ0v) is 17.2. The molecule has 2 rings (SSSR count). The van der Waals surface area contributed by atoms with Crippen LogP contribution in [0.15, 0.2) is 35.9 Å². The predicted octanol–water partition coefficient (Wildman–Crippen LogP) is 2.96. The maximum atomic E-state index is 12.3. The summed E-state index contributed by atoms with van der Waals surface area (Å²) in [5.41, 5.74) is 8.35. The minimum atomic E-state index is -0.684. The van der Waals surface area contributed by atoms with Crippen LogP contribution in [-0.2, 0) is 16.1 Å². The van der Waals surface area contributed by atoms with E-state index >= 15 is 0 Å². The summed E-state index contributed by atoms with van der Waals surface area (Å²) in [6, 6.07) is 11.1. The first-order valence-electron chi connectivity index (χ1n) is 9.42. The fourth-order valence-corrected chi connectivity index (χ4v) is 2.86. The molecule has 7 nitrogen and oxygen atoms in total. The first kappa shape index (κ1) is 21.8. The Morgan fingerprint density at radius 1 is 1.17 bits per heavy atom. The van der Waals surface area contributed by atoms with Crippen molar-refractivity contribution in [1.29, 1.82) is 5.26 Å². The summed E-state index contributed by atoms with van der Waals surface area (Å²) in [5, 5.41) is 9.34. The van der Waals surface area contributed by atoms with Crippen LogP contribution in [0.1, 0.15) is 35.9 Å². The second-order valence-corrected chi connectivity index (χ2v) is 6.75. The van der Waals surface area contributed by atoms with E-state index in [0.29, 0.717) is 5.75 Å². The Morgan fingerprint density at radius 2 is 1.86 bits per heavy atom. The van der Waals surface area contributed by atoms with E-state index in [9.17, 15) is 14.9 Å². The number of carbonyl (C=O) groups is 2. The Morgan fingerprint density at radius 3 is 2.48 bits per heavy atom. The lowest BCUT2D eigenvalue weighted by molar-refractivity contribution is -0.128. The fraction of sp³-hybridized carbons (Fsp3) is 0.318. The second kappa shape index (κ2) is 10.1. The number of hydrazine groups is 1. The van der Waals surface area contributed by atoms with Gasteiger partial charge in [-0.3, -0.25) is 20.4 Å². The molecule has 0 bridgehead atoms. The highest BCUT2D eigenvalue weighted by Crippen LogP contribution is 2.18. The van der Waals surface area contributed by atoms with E-state index in [0.717, 1.165) is 35.5 Å². The van der Waals surface area contributed by atoms with E-state index in [-0.39, 0.29) is 12.2 Å². The lowest BCUT2D eigenvalue weighted by Gasteiger charge is -2.09. The number of nitriles is 1. The van der Waals surface area contributed by atoms with Crippen molar-refractivity contribution in [2.24, 2.45) is 0 Å². The van der Waals surface area contributed by atoms with Crippen LogP contribution in [0.5, 0.6) is 5.75 Å². The summed E-state index contributed by atoms with van der Waals surface area (Å²) in [6.45, 7) is 8.59. The Bertz CT molecular complexity index is 950. The number of benzene rings is 1. The highest BCUT2D eigenvalue weighted by Gasteiger charge is 2.13. The summed E-state index contributed by atoms with van der Waals surface area (Å²) >= 11 is 0. The van der Waals surface area contributed by atoms with Gasteiger partial charge in [0.2, 0.25) is 0 Å². The third-order valence-corrected chi connectivity index (χ3v) is 4.43. The number of nitrogens with one attached hydrogen (secondary N) is 2. The Labute approximate surface area is 170 Å². The molecular weight excluding hydrogens is 368 g/mol. The molecule has 0 atom stereocenters. The molecule has 1 aromatic carbocycles. The molecule has 0 saturated carbocycles. The third kappa shape index (κ3) is 5.98. The highest BCUT2D eigenvalue weighted by molar-refractivity contribution is 6.02. The fourth-order valence-electron chi connectivity index (χ4n) is 2.86. The number of carbonyl (C=O) groups excluding carboxylic acids is 2. The van der Waals surface area contributed by atoms with Gasteiger partial charge in [-0.05, 0) is 57.0 Å². The quantitative estimate of drug-likeness (QED) is 0.429. The summed E-state index contributed by atoms with van der Waals surface area (Å²) in [7, 11) is 0. The molecule has 2 aromatic rings. The number of aromatic nitrogens is 1. The van der Waals surface area contributed by atoms with Crippen LogP contribution in [0.3, 0.4) is 0 Å². The van der Waals surface area contributed by atoms with Gasteiger partial charge < -0.3 is 9.30 Å². The van der Waals surface area contributed by atoms with Gasteiger partial charge in [0.05, 0.1) is 0 Å². The van der Waals surface area contributed by atoms with Gasteiger partial charge in [0.25, 0.3) is 11.8 Å². The van der Waals surface area contributed by atoms with E-state index in [4.69, 9.17) is 4.74 Å². The van der Waals surface area contributed by atoms with Crippen LogP contribution in [-0.4, -0.2) is 23.0 Å². The van der Waals surface area contributed by atoms with Gasteiger partial charge in [-0.25, -0.2) is 0 Å². The normalized spacial score (nSPS) is 10.9. The minimum Gasteiger partial charge on any atom is -0.484 e. The Hall–Kier alpha value is -3.53. The molecule has 0 aliphatic heterocycles. The summed E-state index contributed by atoms with van der Waals surface area (Å²) in [5.74, 6) is -0.661. The first-order valence-corrected chi connectivity index (χ1v) is 9.42. The predicted molar refractivity (Wildman–Crippen MR) is 111 cm³/mol. The molecule has 0 aliphatic rings. The SMILES string of the molecule is CCCn1c(C)cc(/C=C(/C#N)C(=O)NNC(=O)COc2ccc(C)cc2)c1C. The average molecular weight is 394 g/mol. The largest absolute Gasteiger partial charge is 0.484 e. The maximum Gasteiger partial charge on any atom is 0.280 e. The summed E-state index contributed by atoms with van der Waals surface area (Å²) in [4.78, 5) is 24.1. The van der Waals surface area contributed by atoms with Crippen LogP contribution < -0.4 is 15.6 Å². The molecule has 7 heteroatoms. The molecular formula is C22H26N4O3. The number of rotatable bonds is 7. The van der Waals surface area contributed by atoms with Crippen molar-refractivity contribution < 1.29 is 14.3 Å². The lowest BCUT2D eigenvalue weighted by atomic mass is 10.1. The van der Waals surface area contributed by atoms with Crippen LogP contribution in [0.2, 0.25) is 0 Å². The van der Waals surface area contributed by atoms with Crippen LogP contribution in [0, 0.1) is 32.1 Å². The topological polar surface area (TPSA) is 96.1 Å². The molecule has 0 fully saturated rings. The molecule has 0 radical (unpaired) electrons. The summed E-state index contributed by atoms with van der Waals surface area (Å²) < 4.78 is 7.49. The van der Waals surface area contributed by atoms with Gasteiger partial charge >= 0.3 is 0 Å². The maximum absolute atomic E-state index is 12.3. The number of amides is 2. The van der Waals surface area contributed by atoms with Crippen LogP contribution >= 0.6 is 0 Å². The van der Waals surface area contributed by atoms with Crippen molar-refractivity contribution in [3.05, 3.63) is 58.4 Å². The van der Waals surface area contributed by atoms with Crippen molar-refractivity contribution >= 4 is 17.9 Å². The highest BCUT2D eigenvalue weighted by atomic mass is 16.5. The van der Waals surface area contributed by atoms with E-state index < -0.39 is 11.8 Å². The zero-order chi connectivity index (χ0) is 21.4. The Balaban J connectivity index is 1.95.